The minimum absolute atomic E-state index is 0.00139. The van der Waals surface area contributed by atoms with Crippen molar-refractivity contribution in [2.24, 2.45) is 0 Å². The molecule has 0 amide bonds. The highest BCUT2D eigenvalue weighted by atomic mass is 16.5. The molecule has 0 N–H and O–H groups in total. The molecule has 0 fully saturated rings. The zero-order valence-electron chi connectivity index (χ0n) is 11.7. The maximum absolute atomic E-state index is 11.7. The molecule has 0 spiro atoms. The van der Waals surface area contributed by atoms with Gasteiger partial charge in [0.15, 0.2) is 5.78 Å². The molecule has 1 aromatic carbocycles. The first-order valence-electron chi connectivity index (χ1n) is 6.32. The molecule has 0 saturated carbocycles. The predicted octanol–water partition coefficient (Wildman–Crippen LogP) is 2.79. The van der Waals surface area contributed by atoms with Crippen molar-refractivity contribution < 1.29 is 19.1 Å². The number of ketones is 1. The molecule has 106 valence electrons. The second-order valence-corrected chi connectivity index (χ2v) is 3.97. The SMILES string of the molecule is C=CCOc1ccccc1C=C(C(C)=O)C(=O)OCC. The largest absolute Gasteiger partial charge is 0.489 e. The standard InChI is InChI=1S/C16H18O4/c1-4-10-20-15-9-7-6-8-13(15)11-14(12(3)17)16(18)19-5-2/h4,6-9,11H,1,5,10H2,2-3H3. The highest BCUT2D eigenvalue weighted by Gasteiger charge is 2.16. The molecule has 0 aliphatic carbocycles. The van der Waals surface area contributed by atoms with E-state index in [4.69, 9.17) is 9.47 Å². The van der Waals surface area contributed by atoms with Gasteiger partial charge in [0, 0.05) is 5.56 Å². The first-order valence-corrected chi connectivity index (χ1v) is 6.32. The maximum Gasteiger partial charge on any atom is 0.341 e. The van der Waals surface area contributed by atoms with Gasteiger partial charge in [0.2, 0.25) is 0 Å². The third kappa shape index (κ3) is 4.39. The van der Waals surface area contributed by atoms with Crippen LogP contribution in [0.15, 0.2) is 42.5 Å². The lowest BCUT2D eigenvalue weighted by Gasteiger charge is -2.08. The Hall–Kier alpha value is -2.36. The van der Waals surface area contributed by atoms with Crippen LogP contribution in [0.1, 0.15) is 19.4 Å². The van der Waals surface area contributed by atoms with Gasteiger partial charge in [0.05, 0.1) is 6.61 Å². The van der Waals surface area contributed by atoms with Crippen LogP contribution in [0.3, 0.4) is 0 Å². The second-order valence-electron chi connectivity index (χ2n) is 3.97. The van der Waals surface area contributed by atoms with Crippen LogP contribution in [0, 0.1) is 0 Å². The van der Waals surface area contributed by atoms with Crippen LogP contribution in [-0.2, 0) is 14.3 Å². The van der Waals surface area contributed by atoms with Crippen molar-refractivity contribution in [3.8, 4) is 5.75 Å². The average molecular weight is 274 g/mol. The van der Waals surface area contributed by atoms with E-state index in [1.165, 1.54) is 13.0 Å². The summed E-state index contributed by atoms with van der Waals surface area (Å²) >= 11 is 0. The summed E-state index contributed by atoms with van der Waals surface area (Å²) < 4.78 is 10.4. The van der Waals surface area contributed by atoms with E-state index in [-0.39, 0.29) is 18.0 Å². The smallest absolute Gasteiger partial charge is 0.341 e. The lowest BCUT2D eigenvalue weighted by molar-refractivity contribution is -0.139. The van der Waals surface area contributed by atoms with Crippen LogP contribution in [0.25, 0.3) is 6.08 Å². The second kappa shape index (κ2) is 7.94. The van der Waals surface area contributed by atoms with Gasteiger partial charge in [-0.3, -0.25) is 4.79 Å². The summed E-state index contributed by atoms with van der Waals surface area (Å²) in [5.74, 6) is -0.393. The molecule has 4 heteroatoms. The maximum atomic E-state index is 11.7. The van der Waals surface area contributed by atoms with Crippen LogP contribution in [-0.4, -0.2) is 25.0 Å². The first-order chi connectivity index (χ1) is 9.60. The van der Waals surface area contributed by atoms with Gasteiger partial charge in [0.25, 0.3) is 0 Å². The Labute approximate surface area is 118 Å². The Balaban J connectivity index is 3.13. The Morgan fingerprint density at radius 1 is 1.30 bits per heavy atom. The number of carbonyl (C=O) groups excluding carboxylic acids is 2. The van der Waals surface area contributed by atoms with E-state index in [1.54, 1.807) is 31.2 Å². The first kappa shape index (κ1) is 15.7. The zero-order valence-corrected chi connectivity index (χ0v) is 11.7. The number of carbonyl (C=O) groups is 2. The summed E-state index contributed by atoms with van der Waals surface area (Å²) in [5, 5.41) is 0. The van der Waals surface area contributed by atoms with Gasteiger partial charge in [-0.15, -0.1) is 0 Å². The van der Waals surface area contributed by atoms with Crippen LogP contribution in [0.2, 0.25) is 0 Å². The topological polar surface area (TPSA) is 52.6 Å². The van der Waals surface area contributed by atoms with Gasteiger partial charge in [0.1, 0.15) is 17.9 Å². The van der Waals surface area contributed by atoms with E-state index >= 15 is 0 Å². The third-order valence-electron chi connectivity index (χ3n) is 2.45. The minimum Gasteiger partial charge on any atom is -0.489 e. The number of rotatable bonds is 7. The van der Waals surface area contributed by atoms with E-state index in [2.05, 4.69) is 6.58 Å². The van der Waals surface area contributed by atoms with E-state index in [0.717, 1.165) is 0 Å². The predicted molar refractivity (Wildman–Crippen MR) is 77.4 cm³/mol. The third-order valence-corrected chi connectivity index (χ3v) is 2.45. The van der Waals surface area contributed by atoms with Gasteiger partial charge < -0.3 is 9.47 Å². The van der Waals surface area contributed by atoms with Crippen molar-refractivity contribution in [3.05, 3.63) is 48.1 Å². The number of Topliss-reactive ketones (excluding diaryl/α,β-unsaturated/α-hetero) is 1. The molecule has 1 rings (SSSR count). The molecule has 0 unspecified atom stereocenters. The molecule has 0 aliphatic heterocycles. The van der Waals surface area contributed by atoms with Crippen molar-refractivity contribution >= 4 is 17.8 Å². The average Bonchev–Trinajstić information content (AvgIpc) is 2.43. The molecule has 0 heterocycles. The van der Waals surface area contributed by atoms with Crippen LogP contribution >= 0.6 is 0 Å². The Morgan fingerprint density at radius 3 is 2.60 bits per heavy atom. The van der Waals surface area contributed by atoms with Crippen molar-refractivity contribution in [2.45, 2.75) is 13.8 Å². The molecule has 1 aromatic rings. The van der Waals surface area contributed by atoms with Crippen molar-refractivity contribution in [1.29, 1.82) is 0 Å². The lowest BCUT2D eigenvalue weighted by atomic mass is 10.1. The van der Waals surface area contributed by atoms with E-state index in [0.29, 0.717) is 17.9 Å². The number of hydrogen-bond acceptors (Lipinski definition) is 4. The minimum atomic E-state index is -0.626. The van der Waals surface area contributed by atoms with Crippen LogP contribution < -0.4 is 4.74 Å². The molecule has 0 bridgehead atoms. The lowest BCUT2D eigenvalue weighted by Crippen LogP contribution is -2.13. The Bertz CT molecular complexity index is 529. The van der Waals surface area contributed by atoms with Crippen LogP contribution in [0.4, 0.5) is 0 Å². The highest BCUT2D eigenvalue weighted by Crippen LogP contribution is 2.21. The van der Waals surface area contributed by atoms with Gasteiger partial charge in [-0.2, -0.15) is 0 Å². The molecule has 0 radical (unpaired) electrons. The van der Waals surface area contributed by atoms with E-state index in [1.807, 2.05) is 6.07 Å². The summed E-state index contributed by atoms with van der Waals surface area (Å²) in [4.78, 5) is 23.3. The van der Waals surface area contributed by atoms with E-state index < -0.39 is 5.97 Å². The normalized spacial score (nSPS) is 10.8. The Kier molecular flexibility index (Phi) is 6.23. The number of para-hydroxylation sites is 1. The fraction of sp³-hybridized carbons (Fsp3) is 0.250. The quantitative estimate of drug-likeness (QED) is 0.252. The molecular weight excluding hydrogens is 256 g/mol. The molecule has 4 nitrogen and oxygen atoms in total. The fourth-order valence-corrected chi connectivity index (χ4v) is 1.55. The zero-order chi connectivity index (χ0) is 15.0. The number of esters is 1. The molecule has 0 aromatic heterocycles. The summed E-state index contributed by atoms with van der Waals surface area (Å²) in [6.45, 7) is 7.17. The van der Waals surface area contributed by atoms with Gasteiger partial charge in [-0.05, 0) is 26.0 Å². The van der Waals surface area contributed by atoms with Gasteiger partial charge in [-0.25, -0.2) is 4.79 Å². The van der Waals surface area contributed by atoms with Gasteiger partial charge >= 0.3 is 5.97 Å². The monoisotopic (exact) mass is 274 g/mol. The fourth-order valence-electron chi connectivity index (χ4n) is 1.55. The Morgan fingerprint density at radius 2 is 2.00 bits per heavy atom. The molecule has 20 heavy (non-hydrogen) atoms. The highest BCUT2D eigenvalue weighted by molar-refractivity contribution is 6.19. The molecular formula is C16H18O4. The number of benzene rings is 1. The summed E-state index contributed by atoms with van der Waals surface area (Å²) in [6.07, 6.45) is 3.11. The van der Waals surface area contributed by atoms with Crippen molar-refractivity contribution in [1.82, 2.24) is 0 Å². The van der Waals surface area contributed by atoms with Crippen molar-refractivity contribution in [2.75, 3.05) is 13.2 Å². The summed E-state index contributed by atoms with van der Waals surface area (Å²) in [5.41, 5.74) is 0.647. The number of hydrogen-bond donors (Lipinski definition) is 0. The van der Waals surface area contributed by atoms with Crippen molar-refractivity contribution in [3.63, 3.8) is 0 Å². The molecule has 0 atom stereocenters. The van der Waals surface area contributed by atoms with E-state index in [9.17, 15) is 9.59 Å². The molecule has 0 saturated heterocycles. The molecule has 0 aliphatic rings. The summed E-state index contributed by atoms with van der Waals surface area (Å²) in [6, 6.07) is 7.14. The van der Waals surface area contributed by atoms with Crippen LogP contribution in [0.5, 0.6) is 5.75 Å². The summed E-state index contributed by atoms with van der Waals surface area (Å²) in [7, 11) is 0. The van der Waals surface area contributed by atoms with Gasteiger partial charge in [-0.1, -0.05) is 30.9 Å². The number of ether oxygens (including phenoxy) is 2.